The second-order valence-electron chi connectivity index (χ2n) is 30.5. The van der Waals surface area contributed by atoms with Crippen molar-refractivity contribution in [2.75, 3.05) is 82.9 Å². The number of nitrogens with two attached hydrogens (primary N) is 1. The minimum atomic E-state index is -0.969. The van der Waals surface area contributed by atoms with Crippen LogP contribution < -0.4 is 158 Å². The van der Waals surface area contributed by atoms with Gasteiger partial charge in [0, 0.05) is 95.4 Å². The van der Waals surface area contributed by atoms with Crippen LogP contribution in [0.2, 0.25) is 5.15 Å². The van der Waals surface area contributed by atoms with Gasteiger partial charge in [-0.05, 0) is 176 Å². The minimum absolute atomic E-state index is 0. The Morgan fingerprint density at radius 3 is 1.14 bits per heavy atom. The van der Waals surface area contributed by atoms with Crippen LogP contribution in [0.4, 0.5) is 28.8 Å². The zero-order chi connectivity index (χ0) is 98.4. The minimum Gasteiger partial charge on any atom is -1.00 e. The van der Waals surface area contributed by atoms with E-state index in [0.717, 1.165) is 151 Å². The molecule has 3 aliphatic rings. The van der Waals surface area contributed by atoms with Crippen LogP contribution >= 0.6 is 59.4 Å². The maximum absolute atomic E-state index is 12.0. The monoisotopic (exact) mass is 2240 g/mol. The van der Waals surface area contributed by atoms with E-state index in [1.807, 2.05) is 206 Å². The van der Waals surface area contributed by atoms with Gasteiger partial charge in [-0.3, -0.25) is 4.79 Å². The number of hydrogen-bond donors (Lipinski definition) is 4. The van der Waals surface area contributed by atoms with Crippen molar-refractivity contribution in [2.45, 2.75) is 67.2 Å². The SMILES string of the molecule is C.C.C.C1CCOC1.CO.COC(=O)c1ccc2nc(-c3ccccc3)c(Cl)nc2c1.COC(=O)c1ccc2nc(-c3ccccc3)c(N3CCc4ccccc43)nc2c1.COC(=O)c1ccc2nc(-c3ccccc3)c(NCCc3ccccc3Br)nc2c1.N#CCc1ccccc1Br.NCCc1ccccc1Br.O=C(O)c1ccc2nc(-c3ccccc3)c(N3CCc4ccccc43)nc2c1.O=CO[O-].[B].[H-].[K+].[K+].[Na+].[OH-]. The largest absolute Gasteiger partial charge is 1.00 e. The van der Waals surface area contributed by atoms with E-state index in [-0.39, 0.29) is 188 Å². The molecule has 0 atom stereocenters. The Labute approximate surface area is 997 Å². The molecule has 0 bridgehead atoms. The first kappa shape index (κ1) is 129. The van der Waals surface area contributed by atoms with Crippen LogP contribution in [0.1, 0.15) is 106 Å². The van der Waals surface area contributed by atoms with Gasteiger partial charge in [-0.1, -0.05) is 294 Å². The maximum Gasteiger partial charge on any atom is 1.00 e. The average molecular weight is 2250 g/mol. The summed E-state index contributed by atoms with van der Waals surface area (Å²) in [4.78, 5) is 101. The number of nitrogens with one attached hydrogen (secondary N) is 1. The van der Waals surface area contributed by atoms with Crippen LogP contribution in [0.5, 0.6) is 0 Å². The van der Waals surface area contributed by atoms with Gasteiger partial charge >= 0.3 is 156 Å². The van der Waals surface area contributed by atoms with E-state index in [4.69, 9.17) is 81.9 Å². The van der Waals surface area contributed by atoms with E-state index in [1.54, 1.807) is 66.7 Å². The van der Waals surface area contributed by atoms with Crippen LogP contribution in [-0.2, 0) is 60.7 Å². The van der Waals surface area contributed by atoms with Gasteiger partial charge in [0.2, 0.25) is 0 Å². The van der Waals surface area contributed by atoms with Gasteiger partial charge in [-0.25, -0.2) is 59.0 Å². The first-order chi connectivity index (χ1) is 67.9. The summed E-state index contributed by atoms with van der Waals surface area (Å²) in [7, 11) is 5.08. The molecule has 6 N–H and O–H groups in total. The standard InChI is InChI=1S/C24H20BrN3O2.C24H19N3O2.C23H17N3O2.C16H11ClN2O2.C8H10BrN.C8H6BrN.C4H8O.CH2O3.CH4O.3CH4.B.2K.Na.H2O.H/c1-30-24(29)18-11-12-20-21(15-18)28-23(22(27-20)17-8-3-2-4-9-17)26-14-13-16-7-5-6-10-19(16)25;1-29-24(28)18-11-12-19-20(15-18)26-23(22(25-19)17-8-3-2-4-9-17)27-14-13-16-7-5-6-10-21(16)27;27-23(28)17-10-11-18-19(14-17)25-22(21(24-18)16-7-2-1-3-8-16)26-13-12-15-6-4-5-9-20(15)26;1-21-16(20)11-7-8-12-13(9-11)19-15(17)14(18-12)10-5-3-2-4-6-10;2*9-8-4-2-1-3-7(8)5-6-10;1-2-4-5-3-1;2-1-4-3;1-2;;;;;;;;;/h2-12,15H,13-14H2,1H3,(H,26,28);2-12,15H,13-14H2,1H3;1-11,14H,12-13H2,(H,27,28);2-9H,1H3;1-4H,5-6,10H2;1-4H,5H2;1-4H2;1,3H;2H,1H3;3*1H4;;;;;1H2;/q;;;;;;;;;;;;;3*+1;;-1/p-2. The molecule has 0 amide bonds. The number of fused-ring (bicyclic) bond motifs is 6. The Kier molecular flexibility index (Phi) is 59.0. The number of aliphatic hydroxyl groups excluding tert-OH is 1. The number of ether oxygens (including phenoxy) is 4. The second kappa shape index (κ2) is 67.4. The van der Waals surface area contributed by atoms with Crippen LogP contribution in [-0.4, -0.2) is 162 Å². The molecule has 3 radical (unpaired) electrons. The number of halogens is 4. The summed E-state index contributed by atoms with van der Waals surface area (Å²) in [6, 6.07) is 103. The Bertz CT molecular complexity index is 7140. The van der Waals surface area contributed by atoms with Crippen LogP contribution in [0, 0.1) is 11.3 Å². The third-order valence-corrected chi connectivity index (χ3v) is 24.3. The fourth-order valence-corrected chi connectivity index (χ4v) is 16.6. The number of carbonyl (C=O) groups excluding carboxylic acids is 4. The molecule has 1 saturated heterocycles. The first-order valence-electron chi connectivity index (χ1n) is 44.0. The number of carbonyl (C=O) groups is 5. The summed E-state index contributed by atoms with van der Waals surface area (Å²) >= 11 is 16.6. The molecule has 7 heterocycles. The van der Waals surface area contributed by atoms with Crippen molar-refractivity contribution in [2.24, 2.45) is 5.73 Å². The second-order valence-corrected chi connectivity index (χ2v) is 33.5. The number of carboxylic acids is 1. The number of aliphatic hydroxyl groups is 1. The van der Waals surface area contributed by atoms with Crippen molar-refractivity contribution >= 4 is 171 Å². The number of nitriles is 1. The number of anilines is 5. The Balaban J connectivity index is 0.000000455. The number of methoxy groups -OCH3 is 3. The number of hydrogen-bond acceptors (Lipinski definition) is 26. The van der Waals surface area contributed by atoms with Gasteiger partial charge in [0.1, 0.15) is 22.8 Å². The number of carboxylic acid groups (broad SMARTS) is 1. The van der Waals surface area contributed by atoms with Crippen molar-refractivity contribution < 1.29 is 203 Å². The van der Waals surface area contributed by atoms with Crippen LogP contribution in [0.25, 0.3) is 89.2 Å². The smallest absolute Gasteiger partial charge is 1.00 e. The Hall–Kier alpha value is -10.7. The molecule has 0 spiro atoms. The summed E-state index contributed by atoms with van der Waals surface area (Å²) in [5.74, 6) is 0.0821. The molecule has 27 nitrogen and oxygen atoms in total. The van der Waals surface area contributed by atoms with Gasteiger partial charge in [0.05, 0.1) is 100 Å². The van der Waals surface area contributed by atoms with Crippen molar-refractivity contribution in [3.63, 3.8) is 0 Å². The van der Waals surface area contributed by atoms with Crippen molar-refractivity contribution in [3.8, 4) is 51.1 Å². The number of nitrogens with zero attached hydrogens (tertiary/aromatic N) is 11. The summed E-state index contributed by atoms with van der Waals surface area (Å²) in [6.45, 7) is 4.88. The van der Waals surface area contributed by atoms with Crippen molar-refractivity contribution in [3.05, 3.63) is 384 Å². The maximum atomic E-state index is 12.0. The number of para-hydroxylation sites is 2. The molecule has 35 heteroatoms. The molecule has 741 valence electrons. The van der Waals surface area contributed by atoms with E-state index >= 15 is 0 Å². The first-order valence-corrected chi connectivity index (χ1v) is 46.7. The third kappa shape index (κ3) is 36.0. The number of rotatable bonds is 18. The summed E-state index contributed by atoms with van der Waals surface area (Å²) in [5.41, 5.74) is 27.5. The van der Waals surface area contributed by atoms with Gasteiger partial charge < -0.3 is 67.1 Å². The van der Waals surface area contributed by atoms with E-state index in [1.165, 1.54) is 56.4 Å². The Morgan fingerprint density at radius 2 is 0.782 bits per heavy atom. The molecule has 20 rings (SSSR count). The van der Waals surface area contributed by atoms with Crippen molar-refractivity contribution in [1.82, 2.24) is 39.9 Å². The predicted octanol–water partition coefficient (Wildman–Crippen LogP) is 14.5. The van der Waals surface area contributed by atoms with Crippen molar-refractivity contribution in [1.29, 1.82) is 5.26 Å². The summed E-state index contributed by atoms with van der Waals surface area (Å²) in [6.07, 6.45) is 6.71. The predicted molar refractivity (Wildman–Crippen MR) is 581 cm³/mol. The van der Waals surface area contributed by atoms with Crippen LogP contribution in [0.15, 0.2) is 329 Å². The topological polar surface area (TPSA) is 396 Å². The fourth-order valence-electron chi connectivity index (χ4n) is 14.9. The molecule has 0 unspecified atom stereocenters. The van der Waals surface area contributed by atoms with Gasteiger partial charge in [-0.15, -0.1) is 0 Å². The summed E-state index contributed by atoms with van der Waals surface area (Å²) < 4.78 is 22.6. The fraction of sp³-hybridized carbons (Fsp3) is 0.179. The molecule has 147 heavy (non-hydrogen) atoms. The molecule has 3 aliphatic heterocycles. The molecular formula is C112H110BBr3ClK2N13NaO14. The van der Waals surface area contributed by atoms with Gasteiger partial charge in [-0.2, -0.15) is 5.26 Å². The molecule has 17 aromatic rings. The summed E-state index contributed by atoms with van der Waals surface area (Å²) in [5, 5.41) is 36.9. The van der Waals surface area contributed by atoms with Crippen LogP contribution in [0.3, 0.4) is 0 Å². The molecule has 1 fully saturated rings. The zero-order valence-electron chi connectivity index (χ0n) is 81.2. The van der Waals surface area contributed by atoms with E-state index in [2.05, 4.69) is 131 Å². The Morgan fingerprint density at radius 1 is 0.463 bits per heavy atom. The van der Waals surface area contributed by atoms with Gasteiger partial charge in [0.25, 0.3) is 6.47 Å². The number of benzene rings is 13. The number of aromatic carboxylic acids is 1. The van der Waals surface area contributed by atoms with E-state index in [0.29, 0.717) is 86.0 Å². The zero-order valence-corrected chi connectivity index (χ0v) is 94.0. The third-order valence-electron chi connectivity index (χ3n) is 21.7. The number of esters is 3. The van der Waals surface area contributed by atoms with E-state index < -0.39 is 17.9 Å². The van der Waals surface area contributed by atoms with E-state index in [9.17, 15) is 24.3 Å². The molecular weight excluding hydrogens is 2140 g/mol. The molecule has 13 aromatic carbocycles. The molecule has 0 aliphatic carbocycles. The quantitative estimate of drug-likeness (QED) is 0.0155. The number of aromatic nitrogens is 8. The molecule has 4 aromatic heterocycles. The average Bonchev–Trinajstić information content (AvgIpc) is 1.39. The van der Waals surface area contributed by atoms with Gasteiger partial charge in [0.15, 0.2) is 22.6 Å². The molecule has 0 saturated carbocycles. The normalized spacial score (nSPS) is 11.0.